The predicted octanol–water partition coefficient (Wildman–Crippen LogP) is 4.54. The maximum atomic E-state index is 5.73. The van der Waals surface area contributed by atoms with Crippen LogP contribution in [0.4, 0.5) is 0 Å². The van der Waals surface area contributed by atoms with Gasteiger partial charge in [-0.2, -0.15) is 0 Å². The van der Waals surface area contributed by atoms with Crippen molar-refractivity contribution in [1.29, 1.82) is 0 Å². The second-order valence-electron chi connectivity index (χ2n) is 6.08. The highest BCUT2D eigenvalue weighted by Gasteiger charge is 2.21. The van der Waals surface area contributed by atoms with E-state index in [4.69, 9.17) is 5.84 Å². The van der Waals surface area contributed by atoms with Gasteiger partial charge in [0.25, 0.3) is 0 Å². The number of unbranched alkanes of at least 4 members (excludes halogenated alkanes) is 6. The van der Waals surface area contributed by atoms with Gasteiger partial charge in [0.2, 0.25) is 0 Å². The zero-order valence-corrected chi connectivity index (χ0v) is 12.4. The molecule has 108 valence electrons. The van der Waals surface area contributed by atoms with E-state index >= 15 is 0 Å². The van der Waals surface area contributed by atoms with Crippen LogP contribution >= 0.6 is 0 Å². The Labute approximate surface area is 114 Å². The van der Waals surface area contributed by atoms with Crippen LogP contribution in [0.2, 0.25) is 0 Å². The number of nitrogens with two attached hydrogens (primary N) is 1. The lowest BCUT2D eigenvalue weighted by molar-refractivity contribution is 0.255. The van der Waals surface area contributed by atoms with E-state index < -0.39 is 0 Å². The summed E-state index contributed by atoms with van der Waals surface area (Å²) in [5.74, 6) is 6.58. The van der Waals surface area contributed by atoms with Gasteiger partial charge in [0.1, 0.15) is 0 Å². The maximum absolute atomic E-state index is 5.73. The van der Waals surface area contributed by atoms with Crippen LogP contribution in [0.3, 0.4) is 0 Å². The highest BCUT2D eigenvalue weighted by molar-refractivity contribution is 4.77. The summed E-state index contributed by atoms with van der Waals surface area (Å²) in [5.41, 5.74) is 3.08. The van der Waals surface area contributed by atoms with Gasteiger partial charge in [-0.1, -0.05) is 71.1 Å². The lowest BCUT2D eigenvalue weighted by atomic mass is 9.82. The molecule has 0 aliphatic heterocycles. The zero-order valence-electron chi connectivity index (χ0n) is 12.4. The van der Waals surface area contributed by atoms with Gasteiger partial charge in [-0.3, -0.25) is 11.3 Å². The van der Waals surface area contributed by atoms with E-state index in [-0.39, 0.29) is 0 Å². The van der Waals surface area contributed by atoms with Gasteiger partial charge in [-0.15, -0.1) is 0 Å². The Balaban J connectivity index is 2.00. The lowest BCUT2D eigenvalue weighted by Crippen LogP contribution is -2.41. The van der Waals surface area contributed by atoms with Gasteiger partial charge in [0.05, 0.1) is 0 Å². The second kappa shape index (κ2) is 10.8. The molecule has 3 N–H and O–H groups in total. The fourth-order valence-corrected chi connectivity index (χ4v) is 3.31. The molecule has 1 rings (SSSR count). The fraction of sp³-hybridized carbons (Fsp3) is 1.00. The molecule has 0 amide bonds. The molecule has 1 unspecified atom stereocenters. The number of hydrogen-bond acceptors (Lipinski definition) is 2. The number of hydrazine groups is 1. The first-order chi connectivity index (χ1) is 8.88. The van der Waals surface area contributed by atoms with Crippen LogP contribution in [0.5, 0.6) is 0 Å². The van der Waals surface area contributed by atoms with Crippen molar-refractivity contribution in [1.82, 2.24) is 5.43 Å². The van der Waals surface area contributed by atoms with E-state index in [9.17, 15) is 0 Å². The molecule has 1 aliphatic carbocycles. The van der Waals surface area contributed by atoms with Crippen LogP contribution in [0.25, 0.3) is 0 Å². The van der Waals surface area contributed by atoms with Crippen LogP contribution in [0.15, 0.2) is 0 Å². The van der Waals surface area contributed by atoms with Crippen LogP contribution in [0.1, 0.15) is 90.4 Å². The van der Waals surface area contributed by atoms with E-state index in [1.54, 1.807) is 0 Å². The summed E-state index contributed by atoms with van der Waals surface area (Å²) in [6.07, 6.45) is 18.1. The molecule has 1 atom stereocenters. The molecule has 1 aliphatic rings. The average molecular weight is 254 g/mol. The average Bonchev–Trinajstić information content (AvgIpc) is 2.43. The third-order valence-corrected chi connectivity index (χ3v) is 4.55. The molecule has 0 aromatic heterocycles. The molecule has 0 aromatic rings. The van der Waals surface area contributed by atoms with Crippen molar-refractivity contribution in [3.63, 3.8) is 0 Å². The molecule has 0 radical (unpaired) electrons. The number of hydrogen-bond donors (Lipinski definition) is 2. The molecular formula is C16H34N2. The van der Waals surface area contributed by atoms with Crippen LogP contribution in [-0.4, -0.2) is 6.04 Å². The van der Waals surface area contributed by atoms with E-state index in [1.165, 1.54) is 83.5 Å². The van der Waals surface area contributed by atoms with E-state index in [2.05, 4.69) is 12.3 Å². The molecule has 2 heteroatoms. The molecule has 0 heterocycles. The molecule has 1 fully saturated rings. The summed E-state index contributed by atoms with van der Waals surface area (Å²) in [6.45, 7) is 2.28. The second-order valence-corrected chi connectivity index (χ2v) is 6.08. The fourth-order valence-electron chi connectivity index (χ4n) is 3.31. The van der Waals surface area contributed by atoms with Crippen molar-refractivity contribution in [2.75, 3.05) is 0 Å². The van der Waals surface area contributed by atoms with Gasteiger partial charge >= 0.3 is 0 Å². The summed E-state index contributed by atoms with van der Waals surface area (Å²) >= 11 is 0. The van der Waals surface area contributed by atoms with Gasteiger partial charge in [-0.25, -0.2) is 0 Å². The molecule has 1 saturated carbocycles. The highest BCUT2D eigenvalue weighted by Crippen LogP contribution is 2.28. The summed E-state index contributed by atoms with van der Waals surface area (Å²) in [4.78, 5) is 0. The predicted molar refractivity (Wildman–Crippen MR) is 80.3 cm³/mol. The Bertz CT molecular complexity index is 176. The van der Waals surface area contributed by atoms with Gasteiger partial charge < -0.3 is 0 Å². The Kier molecular flexibility index (Phi) is 9.59. The highest BCUT2D eigenvalue weighted by atomic mass is 15.2. The van der Waals surface area contributed by atoms with Crippen LogP contribution in [-0.2, 0) is 0 Å². The van der Waals surface area contributed by atoms with E-state index in [0.29, 0.717) is 6.04 Å². The SMILES string of the molecule is CCCCCCCCCC(NN)C1CCCCC1. The van der Waals surface area contributed by atoms with Crippen molar-refractivity contribution in [3.05, 3.63) is 0 Å². The maximum Gasteiger partial charge on any atom is 0.0238 e. The molecule has 0 aromatic carbocycles. The van der Waals surface area contributed by atoms with Crippen molar-refractivity contribution in [3.8, 4) is 0 Å². The zero-order chi connectivity index (χ0) is 13.1. The van der Waals surface area contributed by atoms with Crippen LogP contribution < -0.4 is 11.3 Å². The number of nitrogens with one attached hydrogen (secondary N) is 1. The quantitative estimate of drug-likeness (QED) is 0.341. The van der Waals surface area contributed by atoms with E-state index in [1.807, 2.05) is 0 Å². The summed E-state index contributed by atoms with van der Waals surface area (Å²) in [5, 5.41) is 0. The van der Waals surface area contributed by atoms with Gasteiger partial charge in [0, 0.05) is 6.04 Å². The molecule has 2 nitrogen and oxygen atoms in total. The normalized spacial score (nSPS) is 19.0. The third-order valence-electron chi connectivity index (χ3n) is 4.55. The molecular weight excluding hydrogens is 220 g/mol. The lowest BCUT2D eigenvalue weighted by Gasteiger charge is -2.29. The Morgan fingerprint density at radius 1 is 0.944 bits per heavy atom. The largest absolute Gasteiger partial charge is 0.271 e. The molecule has 0 saturated heterocycles. The van der Waals surface area contributed by atoms with Crippen LogP contribution in [0, 0.1) is 5.92 Å². The Hall–Kier alpha value is -0.0800. The minimum Gasteiger partial charge on any atom is -0.271 e. The summed E-state index contributed by atoms with van der Waals surface area (Å²) in [7, 11) is 0. The van der Waals surface area contributed by atoms with Crippen molar-refractivity contribution in [2.24, 2.45) is 11.8 Å². The minimum absolute atomic E-state index is 0.584. The minimum atomic E-state index is 0.584. The van der Waals surface area contributed by atoms with Crippen molar-refractivity contribution >= 4 is 0 Å². The summed E-state index contributed by atoms with van der Waals surface area (Å²) < 4.78 is 0. The Morgan fingerprint density at radius 3 is 2.17 bits per heavy atom. The van der Waals surface area contributed by atoms with Crippen molar-refractivity contribution in [2.45, 2.75) is 96.4 Å². The first kappa shape index (κ1) is 16.0. The first-order valence-corrected chi connectivity index (χ1v) is 8.34. The molecule has 0 spiro atoms. The monoisotopic (exact) mass is 254 g/mol. The van der Waals surface area contributed by atoms with E-state index in [0.717, 1.165) is 5.92 Å². The first-order valence-electron chi connectivity index (χ1n) is 8.34. The van der Waals surface area contributed by atoms with Crippen molar-refractivity contribution < 1.29 is 0 Å². The summed E-state index contributed by atoms with van der Waals surface area (Å²) in [6, 6.07) is 0.584. The third kappa shape index (κ3) is 6.75. The Morgan fingerprint density at radius 2 is 1.56 bits per heavy atom. The number of rotatable bonds is 10. The molecule has 18 heavy (non-hydrogen) atoms. The van der Waals surface area contributed by atoms with Gasteiger partial charge in [-0.05, 0) is 25.2 Å². The topological polar surface area (TPSA) is 38.0 Å². The standard InChI is InChI=1S/C16H34N2/c1-2-3-4-5-6-7-11-14-16(18-17)15-12-9-8-10-13-15/h15-16,18H,2-14,17H2,1H3. The molecule has 0 bridgehead atoms. The van der Waals surface area contributed by atoms with Gasteiger partial charge in [0.15, 0.2) is 0 Å². The smallest absolute Gasteiger partial charge is 0.0238 e.